The van der Waals surface area contributed by atoms with E-state index in [0.717, 1.165) is 31.5 Å². The molecule has 0 N–H and O–H groups in total. The summed E-state index contributed by atoms with van der Waals surface area (Å²) in [6.45, 7) is 3.93. The minimum absolute atomic E-state index is 0.0435. The molecule has 7 nitrogen and oxygen atoms in total. The third kappa shape index (κ3) is 5.20. The van der Waals surface area contributed by atoms with E-state index in [4.69, 9.17) is 27.9 Å². The van der Waals surface area contributed by atoms with E-state index in [1.54, 1.807) is 17.6 Å². The molecule has 1 fully saturated rings. The van der Waals surface area contributed by atoms with Gasteiger partial charge in [0.2, 0.25) is 0 Å². The maximum atomic E-state index is 14.2. The lowest BCUT2D eigenvalue weighted by Crippen LogP contribution is -2.36. The molecule has 42 heavy (non-hydrogen) atoms. The van der Waals surface area contributed by atoms with Crippen molar-refractivity contribution in [3.8, 4) is 11.1 Å². The molecule has 3 aliphatic heterocycles. The molecule has 1 saturated heterocycles. The number of piperidine rings is 1. The van der Waals surface area contributed by atoms with Gasteiger partial charge in [-0.05, 0) is 56.0 Å². The zero-order valence-corrected chi connectivity index (χ0v) is 24.8. The van der Waals surface area contributed by atoms with Gasteiger partial charge >= 0.3 is 5.97 Å². The molecule has 1 aromatic heterocycles. The molecule has 11 heteroatoms. The number of fused-ring (bicyclic) bond motifs is 2. The molecule has 0 bridgehead atoms. The maximum absolute atomic E-state index is 14.2. The van der Waals surface area contributed by atoms with Crippen LogP contribution in [0.3, 0.4) is 0 Å². The van der Waals surface area contributed by atoms with Crippen molar-refractivity contribution >= 4 is 35.1 Å². The summed E-state index contributed by atoms with van der Waals surface area (Å²) in [6.07, 6.45) is 2.48. The first-order valence-electron chi connectivity index (χ1n) is 14.4. The number of esters is 1. The number of imidazole rings is 1. The van der Waals surface area contributed by atoms with Gasteiger partial charge in [0.15, 0.2) is 6.04 Å². The Morgan fingerprint density at radius 2 is 1.93 bits per heavy atom. The Kier molecular flexibility index (Phi) is 8.26. The van der Waals surface area contributed by atoms with Crippen LogP contribution < -0.4 is 0 Å². The highest BCUT2D eigenvalue weighted by Crippen LogP contribution is 2.44. The second-order valence-corrected chi connectivity index (χ2v) is 11.9. The summed E-state index contributed by atoms with van der Waals surface area (Å²) in [5.74, 6) is -0.688. The molecule has 0 aliphatic carbocycles. The Hall–Kier alpha value is -3.01. The fourth-order valence-corrected chi connectivity index (χ4v) is 7.14. The van der Waals surface area contributed by atoms with Gasteiger partial charge in [0, 0.05) is 41.4 Å². The van der Waals surface area contributed by atoms with Gasteiger partial charge in [0.25, 0.3) is 5.91 Å². The molecular weight excluding hydrogens is 585 g/mol. The molecule has 1 unspecified atom stereocenters. The third-order valence-electron chi connectivity index (χ3n) is 8.67. The molecule has 2 atom stereocenters. The molecule has 4 heterocycles. The average Bonchev–Trinajstić information content (AvgIpc) is 3.65. The van der Waals surface area contributed by atoms with Gasteiger partial charge in [-0.2, -0.15) is 0 Å². The Balaban J connectivity index is 1.29. The van der Waals surface area contributed by atoms with Gasteiger partial charge in [-0.15, -0.1) is 0 Å². The summed E-state index contributed by atoms with van der Waals surface area (Å²) in [4.78, 5) is 35.1. The number of carbonyl (C=O) groups is 2. The van der Waals surface area contributed by atoms with E-state index in [9.17, 15) is 18.4 Å². The molecule has 3 aliphatic rings. The van der Waals surface area contributed by atoms with E-state index in [1.165, 1.54) is 16.8 Å². The first kappa shape index (κ1) is 29.1. The number of amides is 1. The summed E-state index contributed by atoms with van der Waals surface area (Å²) in [6, 6.07) is 8.71. The number of likely N-dealkylation sites (tertiary alicyclic amines) is 1. The molecule has 0 saturated carbocycles. The van der Waals surface area contributed by atoms with E-state index in [-0.39, 0.29) is 43.4 Å². The third-order valence-corrected chi connectivity index (χ3v) is 9.40. The van der Waals surface area contributed by atoms with E-state index in [1.807, 2.05) is 12.1 Å². The predicted octanol–water partition coefficient (Wildman–Crippen LogP) is 6.16. The van der Waals surface area contributed by atoms with Crippen molar-refractivity contribution in [3.63, 3.8) is 0 Å². The summed E-state index contributed by atoms with van der Waals surface area (Å²) in [5, 5.41) is 0.627. The van der Waals surface area contributed by atoms with Gasteiger partial charge in [-0.1, -0.05) is 47.5 Å². The largest absolute Gasteiger partial charge is 0.464 e. The van der Waals surface area contributed by atoms with Gasteiger partial charge < -0.3 is 19.1 Å². The van der Waals surface area contributed by atoms with Crippen molar-refractivity contribution in [2.45, 2.75) is 57.4 Å². The Morgan fingerprint density at radius 3 is 2.62 bits per heavy atom. The second kappa shape index (κ2) is 11.9. The van der Waals surface area contributed by atoms with Crippen LogP contribution in [0.2, 0.25) is 10.0 Å². The summed E-state index contributed by atoms with van der Waals surface area (Å²) in [5.41, 5.74) is 4.32. The topological polar surface area (TPSA) is 67.7 Å². The van der Waals surface area contributed by atoms with Crippen molar-refractivity contribution in [2.24, 2.45) is 0 Å². The van der Waals surface area contributed by atoms with Crippen LogP contribution in [-0.4, -0.2) is 70.3 Å². The smallest absolute Gasteiger partial charge is 0.335 e. The predicted molar refractivity (Wildman–Crippen MR) is 156 cm³/mol. The number of alkyl halides is 2. The highest BCUT2D eigenvalue weighted by atomic mass is 35.5. The van der Waals surface area contributed by atoms with Crippen LogP contribution in [0, 0.1) is 0 Å². The summed E-state index contributed by atoms with van der Waals surface area (Å²) < 4.78 is 33.9. The van der Waals surface area contributed by atoms with Crippen molar-refractivity contribution in [1.29, 1.82) is 0 Å². The van der Waals surface area contributed by atoms with Crippen LogP contribution in [0.1, 0.15) is 64.6 Å². The Bertz CT molecular complexity index is 1500. The Morgan fingerprint density at radius 1 is 1.19 bits per heavy atom. The average molecular weight is 618 g/mol. The van der Waals surface area contributed by atoms with Crippen molar-refractivity contribution in [3.05, 3.63) is 74.8 Å². The van der Waals surface area contributed by atoms with E-state index < -0.39 is 24.1 Å². The van der Waals surface area contributed by atoms with Crippen molar-refractivity contribution in [1.82, 2.24) is 19.4 Å². The van der Waals surface area contributed by atoms with Gasteiger partial charge in [-0.25, -0.2) is 18.6 Å². The number of ether oxygens (including phenoxy) is 1. The molecule has 222 valence electrons. The lowest BCUT2D eigenvalue weighted by Gasteiger charge is -2.31. The van der Waals surface area contributed by atoms with Gasteiger partial charge in [0.1, 0.15) is 12.8 Å². The fraction of sp³-hybridized carbons (Fsp3) is 0.452. The standard InChI is InChI=1S/C31H32Cl2F2N4O3/c1-2-42-31(41)29(28-25-13-21(35)15-38(25)17-36-28)39-16-23-24(32)14-22(27(33)26(23)30(39)40)20-5-3-18(4-6-20)19-7-10-37(11-8-19)12-9-34/h3-6,14,17,19,21,29H,2,7-13,15-16H2,1H3/t21-,29?/m1/s1. The van der Waals surface area contributed by atoms with E-state index >= 15 is 0 Å². The lowest BCUT2D eigenvalue weighted by molar-refractivity contribution is -0.149. The van der Waals surface area contributed by atoms with Crippen LogP contribution in [0.15, 0.2) is 36.7 Å². The van der Waals surface area contributed by atoms with Gasteiger partial charge in [-0.3, -0.25) is 4.79 Å². The quantitative estimate of drug-likeness (QED) is 0.284. The van der Waals surface area contributed by atoms with Gasteiger partial charge in [0.05, 0.1) is 35.8 Å². The van der Waals surface area contributed by atoms with Crippen LogP contribution in [0.4, 0.5) is 8.78 Å². The number of halogens is 4. The van der Waals surface area contributed by atoms with Crippen LogP contribution in [0.25, 0.3) is 11.1 Å². The number of rotatable bonds is 8. The number of benzene rings is 2. The molecular formula is C31H32Cl2F2N4O3. The minimum Gasteiger partial charge on any atom is -0.464 e. The summed E-state index contributed by atoms with van der Waals surface area (Å²) in [7, 11) is 0. The highest BCUT2D eigenvalue weighted by molar-refractivity contribution is 6.39. The van der Waals surface area contributed by atoms with Crippen LogP contribution in [-0.2, 0) is 29.0 Å². The summed E-state index contributed by atoms with van der Waals surface area (Å²) >= 11 is 13.7. The van der Waals surface area contributed by atoms with Crippen LogP contribution in [0.5, 0.6) is 0 Å². The monoisotopic (exact) mass is 616 g/mol. The zero-order valence-electron chi connectivity index (χ0n) is 23.3. The lowest BCUT2D eigenvalue weighted by atomic mass is 9.88. The number of carbonyl (C=O) groups excluding carboxylic acids is 2. The van der Waals surface area contributed by atoms with Crippen LogP contribution >= 0.6 is 23.2 Å². The minimum atomic E-state index is -1.16. The maximum Gasteiger partial charge on any atom is 0.335 e. The number of aromatic nitrogens is 2. The highest BCUT2D eigenvalue weighted by Gasteiger charge is 2.44. The molecule has 0 radical (unpaired) electrons. The van der Waals surface area contributed by atoms with Crippen molar-refractivity contribution < 1.29 is 23.1 Å². The molecule has 6 rings (SSSR count). The zero-order chi connectivity index (χ0) is 29.5. The molecule has 3 aromatic rings. The SMILES string of the molecule is CCOC(=O)C(c1ncn2c1C[C@@H](F)C2)N1Cc2c(Cl)cc(-c3ccc(C4CCN(CCF)CC4)cc3)c(Cl)c2C1=O. The normalized spacial score (nSPS) is 19.7. The van der Waals surface area contributed by atoms with E-state index in [2.05, 4.69) is 22.0 Å². The number of nitrogens with zero attached hydrogens (tertiary/aromatic N) is 4. The fourth-order valence-electron chi connectivity index (χ4n) is 6.52. The molecule has 2 aromatic carbocycles. The second-order valence-electron chi connectivity index (χ2n) is 11.1. The molecule has 1 amide bonds. The van der Waals surface area contributed by atoms with Crippen molar-refractivity contribution in [2.75, 3.05) is 32.9 Å². The molecule has 0 spiro atoms. The number of hydrogen-bond acceptors (Lipinski definition) is 5. The number of hydrogen-bond donors (Lipinski definition) is 0. The Labute approximate surface area is 253 Å². The van der Waals surface area contributed by atoms with E-state index in [0.29, 0.717) is 40.0 Å². The first-order valence-corrected chi connectivity index (χ1v) is 15.1. The first-order chi connectivity index (χ1) is 20.3.